The van der Waals surface area contributed by atoms with E-state index in [4.69, 9.17) is 11.6 Å². The minimum atomic E-state index is 0.532. The molecule has 0 radical (unpaired) electrons. The molecule has 0 spiro atoms. The summed E-state index contributed by atoms with van der Waals surface area (Å²) >= 11 is 5.85. The molecule has 0 saturated carbocycles. The van der Waals surface area contributed by atoms with E-state index in [0.717, 1.165) is 18.7 Å². The van der Waals surface area contributed by atoms with Crippen molar-refractivity contribution in [2.45, 2.75) is 20.3 Å². The van der Waals surface area contributed by atoms with Gasteiger partial charge in [-0.2, -0.15) is 10.1 Å². The van der Waals surface area contributed by atoms with Crippen molar-refractivity contribution in [1.29, 1.82) is 0 Å². The summed E-state index contributed by atoms with van der Waals surface area (Å²) in [5, 5.41) is 14.9. The maximum absolute atomic E-state index is 5.85. The van der Waals surface area contributed by atoms with E-state index in [-0.39, 0.29) is 0 Å². The molecule has 20 heavy (non-hydrogen) atoms. The first kappa shape index (κ1) is 14.5. The topological polar surface area (TPSA) is 62.7 Å². The summed E-state index contributed by atoms with van der Waals surface area (Å²) in [4.78, 5) is 4.36. The maximum Gasteiger partial charge on any atom is 0.244 e. The van der Waals surface area contributed by atoms with Gasteiger partial charge in [0.25, 0.3) is 0 Å². The van der Waals surface area contributed by atoms with Crippen LogP contribution in [-0.4, -0.2) is 21.7 Å². The fourth-order valence-corrected chi connectivity index (χ4v) is 1.72. The van der Waals surface area contributed by atoms with Crippen molar-refractivity contribution < 1.29 is 0 Å². The second-order valence-corrected chi connectivity index (χ2v) is 5.34. The molecule has 1 aromatic heterocycles. The summed E-state index contributed by atoms with van der Waals surface area (Å²) in [7, 11) is 0. The Bertz CT molecular complexity index is 542. The Morgan fingerprint density at radius 1 is 1.20 bits per heavy atom. The third kappa shape index (κ3) is 4.66. The summed E-state index contributed by atoms with van der Waals surface area (Å²) in [6, 6.07) is 7.41. The van der Waals surface area contributed by atoms with E-state index in [0.29, 0.717) is 22.7 Å². The average Bonchev–Trinajstić information content (AvgIpc) is 2.41. The third-order valence-corrected chi connectivity index (χ3v) is 2.93. The van der Waals surface area contributed by atoms with Crippen LogP contribution < -0.4 is 10.6 Å². The highest BCUT2D eigenvalue weighted by molar-refractivity contribution is 6.30. The van der Waals surface area contributed by atoms with Gasteiger partial charge in [-0.25, -0.2) is 0 Å². The molecule has 6 heteroatoms. The van der Waals surface area contributed by atoms with E-state index in [1.54, 1.807) is 6.20 Å². The van der Waals surface area contributed by atoms with Gasteiger partial charge in [-0.3, -0.25) is 0 Å². The van der Waals surface area contributed by atoms with E-state index in [1.807, 2.05) is 24.3 Å². The maximum atomic E-state index is 5.85. The van der Waals surface area contributed by atoms with Crippen LogP contribution in [0.2, 0.25) is 5.02 Å². The molecule has 106 valence electrons. The first-order valence-electron chi connectivity index (χ1n) is 6.59. The molecule has 1 heterocycles. The number of halogens is 1. The molecule has 0 aliphatic carbocycles. The average molecular weight is 292 g/mol. The van der Waals surface area contributed by atoms with Gasteiger partial charge in [0.2, 0.25) is 5.95 Å². The van der Waals surface area contributed by atoms with Crippen molar-refractivity contribution in [2.24, 2.45) is 5.92 Å². The number of anilines is 3. The Labute approximate surface area is 123 Å². The lowest BCUT2D eigenvalue weighted by atomic mass is 10.1. The number of aromatic nitrogens is 3. The summed E-state index contributed by atoms with van der Waals surface area (Å²) in [5.74, 6) is 1.82. The minimum absolute atomic E-state index is 0.532. The number of nitrogens with one attached hydrogen (secondary N) is 2. The van der Waals surface area contributed by atoms with E-state index < -0.39 is 0 Å². The van der Waals surface area contributed by atoms with Crippen LogP contribution in [0.25, 0.3) is 0 Å². The lowest BCUT2D eigenvalue weighted by molar-refractivity contribution is 0.605. The lowest BCUT2D eigenvalue weighted by Crippen LogP contribution is -2.09. The second-order valence-electron chi connectivity index (χ2n) is 4.91. The van der Waals surface area contributed by atoms with Gasteiger partial charge in [-0.1, -0.05) is 25.4 Å². The highest BCUT2D eigenvalue weighted by Gasteiger charge is 2.01. The van der Waals surface area contributed by atoms with Crippen LogP contribution >= 0.6 is 11.6 Å². The predicted octanol–water partition coefficient (Wildman–Crippen LogP) is 3.73. The zero-order valence-corrected chi connectivity index (χ0v) is 12.4. The Kier molecular flexibility index (Phi) is 5.12. The molecule has 0 fully saturated rings. The normalized spacial score (nSPS) is 10.6. The Balaban J connectivity index is 1.96. The molecular weight excluding hydrogens is 274 g/mol. The van der Waals surface area contributed by atoms with Crippen molar-refractivity contribution in [1.82, 2.24) is 15.2 Å². The molecule has 0 aliphatic heterocycles. The smallest absolute Gasteiger partial charge is 0.244 e. The van der Waals surface area contributed by atoms with E-state index in [2.05, 4.69) is 39.7 Å². The number of hydrogen-bond acceptors (Lipinski definition) is 5. The molecular formula is C14H18ClN5. The van der Waals surface area contributed by atoms with Crippen molar-refractivity contribution >= 4 is 29.1 Å². The molecule has 2 N–H and O–H groups in total. The highest BCUT2D eigenvalue weighted by Crippen LogP contribution is 2.17. The van der Waals surface area contributed by atoms with E-state index >= 15 is 0 Å². The van der Waals surface area contributed by atoms with Gasteiger partial charge in [0.1, 0.15) is 0 Å². The molecule has 2 aromatic rings. The standard InChI is InChI=1S/C14H18ClN5/c1-10(2)7-8-16-14-19-13(9-17-20-14)18-12-5-3-11(15)4-6-12/h3-6,9-10H,7-8H2,1-2H3,(H2,16,18,19,20). The van der Waals surface area contributed by atoms with Crippen LogP contribution in [0, 0.1) is 5.92 Å². The quantitative estimate of drug-likeness (QED) is 0.849. The molecule has 0 aliphatic rings. The van der Waals surface area contributed by atoms with Gasteiger partial charge in [0.15, 0.2) is 5.82 Å². The van der Waals surface area contributed by atoms with Crippen LogP contribution in [0.5, 0.6) is 0 Å². The van der Waals surface area contributed by atoms with Crippen molar-refractivity contribution in [3.8, 4) is 0 Å². The summed E-state index contributed by atoms with van der Waals surface area (Å²) in [6.07, 6.45) is 2.65. The predicted molar refractivity (Wildman–Crippen MR) is 82.5 cm³/mol. The zero-order valence-electron chi connectivity index (χ0n) is 11.6. The molecule has 0 saturated heterocycles. The molecule has 1 aromatic carbocycles. The van der Waals surface area contributed by atoms with Crippen molar-refractivity contribution in [2.75, 3.05) is 17.2 Å². The molecule has 2 rings (SSSR count). The zero-order chi connectivity index (χ0) is 14.4. The molecule has 0 atom stereocenters. The molecule has 0 amide bonds. The van der Waals surface area contributed by atoms with Crippen LogP contribution in [-0.2, 0) is 0 Å². The monoisotopic (exact) mass is 291 g/mol. The van der Waals surface area contributed by atoms with Crippen LogP contribution in [0.15, 0.2) is 30.5 Å². The third-order valence-electron chi connectivity index (χ3n) is 2.68. The van der Waals surface area contributed by atoms with Gasteiger partial charge in [-0.05, 0) is 36.6 Å². The SMILES string of the molecule is CC(C)CCNc1nncc(Nc2ccc(Cl)cc2)n1. The number of rotatable bonds is 6. The number of nitrogens with zero attached hydrogens (tertiary/aromatic N) is 3. The first-order valence-corrected chi connectivity index (χ1v) is 6.97. The highest BCUT2D eigenvalue weighted by atomic mass is 35.5. The van der Waals surface area contributed by atoms with Gasteiger partial charge in [-0.15, -0.1) is 5.10 Å². The molecule has 0 bridgehead atoms. The summed E-state index contributed by atoms with van der Waals surface area (Å²) in [6.45, 7) is 5.20. The van der Waals surface area contributed by atoms with Gasteiger partial charge < -0.3 is 10.6 Å². The Morgan fingerprint density at radius 2 is 1.95 bits per heavy atom. The summed E-state index contributed by atoms with van der Waals surface area (Å²) < 4.78 is 0. The first-order chi connectivity index (χ1) is 9.63. The van der Waals surface area contributed by atoms with Gasteiger partial charge in [0.05, 0.1) is 6.20 Å². The fraction of sp³-hybridized carbons (Fsp3) is 0.357. The van der Waals surface area contributed by atoms with Crippen LogP contribution in [0.3, 0.4) is 0 Å². The summed E-state index contributed by atoms with van der Waals surface area (Å²) in [5.41, 5.74) is 0.906. The Hall–Kier alpha value is -1.88. The number of hydrogen-bond donors (Lipinski definition) is 2. The number of benzene rings is 1. The molecule has 0 unspecified atom stereocenters. The Morgan fingerprint density at radius 3 is 2.65 bits per heavy atom. The van der Waals surface area contributed by atoms with E-state index in [9.17, 15) is 0 Å². The van der Waals surface area contributed by atoms with Crippen molar-refractivity contribution in [3.05, 3.63) is 35.5 Å². The fourth-order valence-electron chi connectivity index (χ4n) is 1.59. The molecule has 5 nitrogen and oxygen atoms in total. The minimum Gasteiger partial charge on any atom is -0.353 e. The van der Waals surface area contributed by atoms with Crippen LogP contribution in [0.1, 0.15) is 20.3 Å². The van der Waals surface area contributed by atoms with Gasteiger partial charge in [0, 0.05) is 17.3 Å². The lowest BCUT2D eigenvalue weighted by Gasteiger charge is -2.08. The largest absolute Gasteiger partial charge is 0.353 e. The van der Waals surface area contributed by atoms with Crippen LogP contribution in [0.4, 0.5) is 17.5 Å². The second kappa shape index (κ2) is 7.05. The van der Waals surface area contributed by atoms with Gasteiger partial charge >= 0.3 is 0 Å². The van der Waals surface area contributed by atoms with E-state index in [1.165, 1.54) is 0 Å². The van der Waals surface area contributed by atoms with Crippen molar-refractivity contribution in [3.63, 3.8) is 0 Å².